The van der Waals surface area contributed by atoms with Crippen LogP contribution in [0.2, 0.25) is 0 Å². The van der Waals surface area contributed by atoms with Gasteiger partial charge in [-0.25, -0.2) is 4.98 Å². The van der Waals surface area contributed by atoms with Crippen molar-refractivity contribution >= 4 is 11.8 Å². The van der Waals surface area contributed by atoms with Crippen molar-refractivity contribution in [3.63, 3.8) is 0 Å². The van der Waals surface area contributed by atoms with Crippen molar-refractivity contribution in [2.75, 3.05) is 36.8 Å². The molecule has 0 aliphatic carbocycles. The summed E-state index contributed by atoms with van der Waals surface area (Å²) < 4.78 is 0. The number of phenolic OH excluding ortho intramolecular Hbond substituents is 1. The topological polar surface area (TPSA) is 78.5 Å². The van der Waals surface area contributed by atoms with Gasteiger partial charge in [-0.1, -0.05) is 19.1 Å². The van der Waals surface area contributed by atoms with E-state index >= 15 is 0 Å². The lowest BCUT2D eigenvalue weighted by Gasteiger charge is -2.36. The molecule has 122 valence electrons. The average molecular weight is 313 g/mol. The summed E-state index contributed by atoms with van der Waals surface area (Å²) in [5.74, 6) is 1.63. The van der Waals surface area contributed by atoms with Gasteiger partial charge in [0.25, 0.3) is 0 Å². The van der Waals surface area contributed by atoms with E-state index < -0.39 is 0 Å². The first kappa shape index (κ1) is 15.6. The van der Waals surface area contributed by atoms with E-state index in [4.69, 9.17) is 5.73 Å². The Bertz CT molecular complexity index is 668. The molecule has 0 amide bonds. The van der Waals surface area contributed by atoms with Gasteiger partial charge >= 0.3 is 0 Å². The minimum atomic E-state index is 0.324. The molecule has 0 unspecified atom stereocenters. The number of aromatic hydroxyl groups is 1. The molecule has 0 atom stereocenters. The van der Waals surface area contributed by atoms with E-state index in [9.17, 15) is 5.11 Å². The molecule has 1 aromatic carbocycles. The summed E-state index contributed by atoms with van der Waals surface area (Å²) in [6.07, 6.45) is 2.73. The van der Waals surface area contributed by atoms with Crippen LogP contribution in [0.1, 0.15) is 18.1 Å². The van der Waals surface area contributed by atoms with Crippen LogP contribution in [0, 0.1) is 0 Å². The highest BCUT2D eigenvalue weighted by atomic mass is 16.3. The second kappa shape index (κ2) is 6.83. The van der Waals surface area contributed by atoms with Crippen LogP contribution in [-0.4, -0.2) is 46.2 Å². The van der Waals surface area contributed by atoms with Gasteiger partial charge in [0.15, 0.2) is 0 Å². The van der Waals surface area contributed by atoms with Crippen LogP contribution in [0.3, 0.4) is 0 Å². The van der Waals surface area contributed by atoms with Gasteiger partial charge in [0.05, 0.1) is 0 Å². The average Bonchev–Trinajstić information content (AvgIpc) is 2.55. The molecule has 0 saturated carbocycles. The zero-order chi connectivity index (χ0) is 16.2. The molecule has 0 radical (unpaired) electrons. The van der Waals surface area contributed by atoms with E-state index in [0.717, 1.165) is 56.1 Å². The molecule has 3 rings (SSSR count). The number of rotatable bonds is 4. The number of piperazine rings is 1. The minimum absolute atomic E-state index is 0.324. The lowest BCUT2D eigenvalue weighted by atomic mass is 10.1. The molecule has 6 heteroatoms. The predicted molar refractivity (Wildman–Crippen MR) is 91.4 cm³/mol. The first-order valence-electron chi connectivity index (χ1n) is 8.02. The Kier molecular flexibility index (Phi) is 4.62. The van der Waals surface area contributed by atoms with Gasteiger partial charge in [-0.15, -0.1) is 0 Å². The highest BCUT2D eigenvalue weighted by Crippen LogP contribution is 2.21. The smallest absolute Gasteiger partial charge is 0.221 e. The van der Waals surface area contributed by atoms with Gasteiger partial charge in [-0.05, 0) is 24.1 Å². The third-order valence-corrected chi connectivity index (χ3v) is 4.23. The molecule has 2 heterocycles. The lowest BCUT2D eigenvalue weighted by molar-refractivity contribution is 0.249. The van der Waals surface area contributed by atoms with E-state index in [0.29, 0.717) is 11.7 Å². The number of phenols is 1. The monoisotopic (exact) mass is 313 g/mol. The normalized spacial score (nSPS) is 15.8. The van der Waals surface area contributed by atoms with Crippen molar-refractivity contribution in [2.24, 2.45) is 0 Å². The number of benzene rings is 1. The predicted octanol–water partition coefficient (Wildman–Crippen LogP) is 1.65. The van der Waals surface area contributed by atoms with Gasteiger partial charge in [-0.3, -0.25) is 4.90 Å². The second-order valence-electron chi connectivity index (χ2n) is 5.86. The fourth-order valence-corrected chi connectivity index (χ4v) is 2.96. The minimum Gasteiger partial charge on any atom is -0.508 e. The molecule has 2 aromatic rings. The van der Waals surface area contributed by atoms with Crippen LogP contribution < -0.4 is 10.6 Å². The Morgan fingerprint density at radius 1 is 1.22 bits per heavy atom. The molecular formula is C17H23N5O. The van der Waals surface area contributed by atoms with Crippen LogP contribution >= 0.6 is 0 Å². The van der Waals surface area contributed by atoms with Gasteiger partial charge in [0, 0.05) is 44.5 Å². The summed E-state index contributed by atoms with van der Waals surface area (Å²) in [5, 5.41) is 9.56. The molecule has 23 heavy (non-hydrogen) atoms. The molecule has 0 spiro atoms. The van der Waals surface area contributed by atoms with Gasteiger partial charge in [0.1, 0.15) is 11.6 Å². The SMILES string of the molecule is CCc1cnc(N)nc1N1CCN(Cc2cccc(O)c2)CC1. The van der Waals surface area contributed by atoms with Crippen LogP contribution in [-0.2, 0) is 13.0 Å². The van der Waals surface area contributed by atoms with Crippen LogP contribution in [0.5, 0.6) is 5.75 Å². The zero-order valence-corrected chi connectivity index (χ0v) is 13.4. The summed E-state index contributed by atoms with van der Waals surface area (Å²) in [6, 6.07) is 7.46. The van der Waals surface area contributed by atoms with E-state index in [1.807, 2.05) is 24.4 Å². The third kappa shape index (κ3) is 3.71. The van der Waals surface area contributed by atoms with Crippen LogP contribution in [0.4, 0.5) is 11.8 Å². The Hall–Kier alpha value is -2.34. The van der Waals surface area contributed by atoms with Crippen molar-refractivity contribution in [3.8, 4) is 5.75 Å². The second-order valence-corrected chi connectivity index (χ2v) is 5.86. The molecule has 1 saturated heterocycles. The maximum absolute atomic E-state index is 9.56. The third-order valence-electron chi connectivity index (χ3n) is 4.23. The number of hydrogen-bond acceptors (Lipinski definition) is 6. The number of nitrogen functional groups attached to an aromatic ring is 1. The Morgan fingerprint density at radius 2 is 2.00 bits per heavy atom. The zero-order valence-electron chi connectivity index (χ0n) is 13.4. The maximum Gasteiger partial charge on any atom is 0.221 e. The first-order chi connectivity index (χ1) is 11.2. The van der Waals surface area contributed by atoms with Crippen LogP contribution in [0.15, 0.2) is 30.5 Å². The molecule has 3 N–H and O–H groups in total. The summed E-state index contributed by atoms with van der Waals surface area (Å²) in [4.78, 5) is 13.2. The van der Waals surface area contributed by atoms with Crippen LogP contribution in [0.25, 0.3) is 0 Å². The number of aryl methyl sites for hydroxylation is 1. The van der Waals surface area contributed by atoms with Crippen molar-refractivity contribution < 1.29 is 5.11 Å². The summed E-state index contributed by atoms with van der Waals surface area (Å²) in [6.45, 7) is 6.72. The van der Waals surface area contributed by atoms with E-state index in [1.54, 1.807) is 6.07 Å². The van der Waals surface area contributed by atoms with Crippen molar-refractivity contribution in [2.45, 2.75) is 19.9 Å². The summed E-state index contributed by atoms with van der Waals surface area (Å²) >= 11 is 0. The van der Waals surface area contributed by atoms with Crippen molar-refractivity contribution in [1.29, 1.82) is 0 Å². The Morgan fingerprint density at radius 3 is 2.70 bits per heavy atom. The molecule has 1 fully saturated rings. The van der Waals surface area contributed by atoms with Crippen molar-refractivity contribution in [1.82, 2.24) is 14.9 Å². The first-order valence-corrected chi connectivity index (χ1v) is 8.02. The fourth-order valence-electron chi connectivity index (χ4n) is 2.96. The van der Waals surface area contributed by atoms with E-state index in [-0.39, 0.29) is 0 Å². The van der Waals surface area contributed by atoms with E-state index in [1.165, 1.54) is 0 Å². The fraction of sp³-hybridized carbons (Fsp3) is 0.412. The largest absolute Gasteiger partial charge is 0.508 e. The maximum atomic E-state index is 9.56. The number of anilines is 2. The molecule has 1 aromatic heterocycles. The summed E-state index contributed by atoms with van der Waals surface area (Å²) in [7, 11) is 0. The van der Waals surface area contributed by atoms with Gasteiger partial charge in [-0.2, -0.15) is 4.98 Å². The number of hydrogen-bond donors (Lipinski definition) is 2. The lowest BCUT2D eigenvalue weighted by Crippen LogP contribution is -2.46. The number of nitrogens with two attached hydrogens (primary N) is 1. The van der Waals surface area contributed by atoms with Gasteiger partial charge < -0.3 is 15.7 Å². The summed E-state index contributed by atoms with van der Waals surface area (Å²) in [5.41, 5.74) is 8.03. The molecule has 1 aliphatic rings. The number of aromatic nitrogens is 2. The van der Waals surface area contributed by atoms with Gasteiger partial charge in [0.2, 0.25) is 5.95 Å². The van der Waals surface area contributed by atoms with E-state index in [2.05, 4.69) is 26.7 Å². The quantitative estimate of drug-likeness (QED) is 0.893. The standard InChI is InChI=1S/C17H23N5O/c1-2-14-11-19-17(18)20-16(14)22-8-6-21(7-9-22)12-13-4-3-5-15(23)10-13/h3-5,10-11,23H,2,6-9,12H2,1H3,(H2,18,19,20). The Labute approximate surface area is 136 Å². The van der Waals surface area contributed by atoms with Crippen molar-refractivity contribution in [3.05, 3.63) is 41.6 Å². The molecule has 1 aliphatic heterocycles. The Balaban J connectivity index is 1.63. The highest BCUT2D eigenvalue weighted by molar-refractivity contribution is 5.49. The molecular weight excluding hydrogens is 290 g/mol. The molecule has 6 nitrogen and oxygen atoms in total. The number of nitrogens with zero attached hydrogens (tertiary/aromatic N) is 4. The highest BCUT2D eigenvalue weighted by Gasteiger charge is 2.20. The molecule has 0 bridgehead atoms.